The van der Waals surface area contributed by atoms with Crippen LogP contribution in [0.15, 0.2) is 54.6 Å². The quantitative estimate of drug-likeness (QED) is 0.719. The molecular formula is C19H23NO3. The Morgan fingerprint density at radius 2 is 1.57 bits per heavy atom. The maximum atomic E-state index is 12.0. The van der Waals surface area contributed by atoms with E-state index in [0.29, 0.717) is 25.3 Å². The van der Waals surface area contributed by atoms with Crippen LogP contribution in [0.25, 0.3) is 0 Å². The first-order chi connectivity index (χ1) is 11.3. The fourth-order valence-electron chi connectivity index (χ4n) is 1.99. The molecule has 0 atom stereocenters. The van der Waals surface area contributed by atoms with Gasteiger partial charge >= 0.3 is 0 Å². The van der Waals surface area contributed by atoms with Crippen LogP contribution >= 0.6 is 0 Å². The molecule has 0 aliphatic heterocycles. The van der Waals surface area contributed by atoms with Crippen LogP contribution in [0.1, 0.15) is 30.1 Å². The van der Waals surface area contributed by atoms with Crippen molar-refractivity contribution in [2.75, 3.05) is 19.8 Å². The topological polar surface area (TPSA) is 47.6 Å². The third kappa shape index (κ3) is 6.02. The van der Waals surface area contributed by atoms with Gasteiger partial charge in [-0.15, -0.1) is 0 Å². The number of carbonyl (C=O) groups is 1. The summed E-state index contributed by atoms with van der Waals surface area (Å²) in [5.74, 6) is 1.49. The van der Waals surface area contributed by atoms with Gasteiger partial charge in [0.25, 0.3) is 5.91 Å². The summed E-state index contributed by atoms with van der Waals surface area (Å²) >= 11 is 0. The summed E-state index contributed by atoms with van der Waals surface area (Å²) in [6.07, 6.45) is 2.13. The van der Waals surface area contributed by atoms with E-state index in [1.54, 1.807) is 12.1 Å². The highest BCUT2D eigenvalue weighted by molar-refractivity contribution is 5.94. The first-order valence-electron chi connectivity index (χ1n) is 7.98. The molecule has 0 fully saturated rings. The summed E-state index contributed by atoms with van der Waals surface area (Å²) in [5.41, 5.74) is 0.618. The lowest BCUT2D eigenvalue weighted by Gasteiger charge is -2.09. The van der Waals surface area contributed by atoms with Gasteiger partial charge < -0.3 is 14.8 Å². The number of amides is 1. The molecule has 0 radical (unpaired) electrons. The summed E-state index contributed by atoms with van der Waals surface area (Å²) in [6, 6.07) is 16.7. The molecule has 0 saturated heterocycles. The minimum Gasteiger partial charge on any atom is -0.494 e. The number of benzene rings is 2. The minimum atomic E-state index is -0.109. The van der Waals surface area contributed by atoms with Gasteiger partial charge in [0.1, 0.15) is 18.1 Å². The Hall–Kier alpha value is -2.49. The second-order valence-electron chi connectivity index (χ2n) is 5.14. The van der Waals surface area contributed by atoms with Crippen LogP contribution in [0, 0.1) is 0 Å². The highest BCUT2D eigenvalue weighted by atomic mass is 16.5. The first kappa shape index (κ1) is 16.9. The molecule has 4 nitrogen and oxygen atoms in total. The van der Waals surface area contributed by atoms with E-state index >= 15 is 0 Å². The van der Waals surface area contributed by atoms with Gasteiger partial charge in [-0.05, 0) is 42.8 Å². The zero-order valence-electron chi connectivity index (χ0n) is 13.5. The van der Waals surface area contributed by atoms with Crippen molar-refractivity contribution in [3.63, 3.8) is 0 Å². The second kappa shape index (κ2) is 9.51. The molecule has 122 valence electrons. The van der Waals surface area contributed by atoms with Crippen LogP contribution in [0.3, 0.4) is 0 Å². The minimum absolute atomic E-state index is 0.109. The van der Waals surface area contributed by atoms with Crippen molar-refractivity contribution < 1.29 is 14.3 Å². The number of rotatable bonds is 9. The Labute approximate surface area is 137 Å². The summed E-state index contributed by atoms with van der Waals surface area (Å²) in [6.45, 7) is 3.73. The van der Waals surface area contributed by atoms with Gasteiger partial charge in [0.2, 0.25) is 0 Å². The highest BCUT2D eigenvalue weighted by Gasteiger charge is 2.05. The van der Waals surface area contributed by atoms with Gasteiger partial charge in [0.15, 0.2) is 0 Å². The predicted octanol–water partition coefficient (Wildman–Crippen LogP) is 3.67. The van der Waals surface area contributed by atoms with Crippen molar-refractivity contribution in [3.05, 3.63) is 60.2 Å². The van der Waals surface area contributed by atoms with Crippen molar-refractivity contribution in [3.8, 4) is 11.5 Å². The third-order valence-corrected chi connectivity index (χ3v) is 3.28. The first-order valence-corrected chi connectivity index (χ1v) is 7.98. The summed E-state index contributed by atoms with van der Waals surface area (Å²) in [4.78, 5) is 12.0. The zero-order valence-corrected chi connectivity index (χ0v) is 13.5. The molecule has 1 amide bonds. The monoisotopic (exact) mass is 313 g/mol. The lowest BCUT2D eigenvalue weighted by atomic mass is 10.2. The number of nitrogens with one attached hydrogen (secondary N) is 1. The molecule has 0 unspecified atom stereocenters. The van der Waals surface area contributed by atoms with Crippen LogP contribution in [0.5, 0.6) is 11.5 Å². The van der Waals surface area contributed by atoms with Crippen molar-refractivity contribution in [1.29, 1.82) is 0 Å². The molecular weight excluding hydrogens is 290 g/mol. The van der Waals surface area contributed by atoms with Crippen molar-refractivity contribution in [2.45, 2.75) is 19.8 Å². The summed E-state index contributed by atoms with van der Waals surface area (Å²) in [5, 5.41) is 2.84. The molecule has 0 aliphatic rings. The molecule has 0 aliphatic carbocycles. The van der Waals surface area contributed by atoms with Crippen LogP contribution in [0.4, 0.5) is 0 Å². The van der Waals surface area contributed by atoms with E-state index in [2.05, 4.69) is 12.2 Å². The average molecular weight is 313 g/mol. The van der Waals surface area contributed by atoms with Crippen molar-refractivity contribution >= 4 is 5.91 Å². The van der Waals surface area contributed by atoms with E-state index in [4.69, 9.17) is 9.47 Å². The van der Waals surface area contributed by atoms with E-state index in [-0.39, 0.29) is 5.91 Å². The average Bonchev–Trinajstić information content (AvgIpc) is 2.60. The molecule has 0 aromatic heterocycles. The third-order valence-electron chi connectivity index (χ3n) is 3.28. The molecule has 0 bridgehead atoms. The number of hydrogen-bond acceptors (Lipinski definition) is 3. The smallest absolute Gasteiger partial charge is 0.251 e. The van der Waals surface area contributed by atoms with E-state index in [1.165, 1.54) is 0 Å². The lowest BCUT2D eigenvalue weighted by molar-refractivity contribution is 0.0947. The van der Waals surface area contributed by atoms with Gasteiger partial charge in [-0.3, -0.25) is 4.79 Å². The van der Waals surface area contributed by atoms with Gasteiger partial charge in [0, 0.05) is 5.56 Å². The van der Waals surface area contributed by atoms with Crippen LogP contribution < -0.4 is 14.8 Å². The number of hydrogen-bond donors (Lipinski definition) is 1. The van der Waals surface area contributed by atoms with Crippen molar-refractivity contribution in [2.24, 2.45) is 0 Å². The Morgan fingerprint density at radius 1 is 0.913 bits per heavy atom. The van der Waals surface area contributed by atoms with E-state index in [9.17, 15) is 4.79 Å². The van der Waals surface area contributed by atoms with Gasteiger partial charge in [-0.1, -0.05) is 31.5 Å². The van der Waals surface area contributed by atoms with Gasteiger partial charge in [0.05, 0.1) is 13.2 Å². The Morgan fingerprint density at radius 3 is 2.26 bits per heavy atom. The second-order valence-corrected chi connectivity index (χ2v) is 5.14. The molecule has 2 aromatic carbocycles. The fourth-order valence-corrected chi connectivity index (χ4v) is 1.99. The molecule has 1 N–H and O–H groups in total. The molecule has 0 saturated carbocycles. The van der Waals surface area contributed by atoms with E-state index < -0.39 is 0 Å². The predicted molar refractivity (Wildman–Crippen MR) is 91.1 cm³/mol. The highest BCUT2D eigenvalue weighted by Crippen LogP contribution is 2.12. The maximum Gasteiger partial charge on any atom is 0.251 e. The molecule has 2 rings (SSSR count). The largest absolute Gasteiger partial charge is 0.494 e. The number of para-hydroxylation sites is 1. The van der Waals surface area contributed by atoms with Crippen LogP contribution in [-0.4, -0.2) is 25.7 Å². The van der Waals surface area contributed by atoms with E-state index in [1.807, 2.05) is 42.5 Å². The SMILES string of the molecule is CCCCOc1ccc(C(=O)NCCOc2ccccc2)cc1. The molecule has 23 heavy (non-hydrogen) atoms. The standard InChI is InChI=1S/C19H23NO3/c1-2-3-14-22-18-11-9-16(10-12-18)19(21)20-13-15-23-17-7-5-4-6-8-17/h4-12H,2-3,13-15H2,1H3,(H,20,21). The van der Waals surface area contributed by atoms with Crippen molar-refractivity contribution in [1.82, 2.24) is 5.32 Å². The van der Waals surface area contributed by atoms with Gasteiger partial charge in [-0.2, -0.15) is 0 Å². The summed E-state index contributed by atoms with van der Waals surface area (Å²) in [7, 11) is 0. The lowest BCUT2D eigenvalue weighted by Crippen LogP contribution is -2.28. The summed E-state index contributed by atoms with van der Waals surface area (Å²) < 4.78 is 11.1. The number of ether oxygens (including phenoxy) is 2. The molecule has 4 heteroatoms. The van der Waals surface area contributed by atoms with E-state index in [0.717, 1.165) is 24.3 Å². The Balaban J connectivity index is 1.70. The normalized spacial score (nSPS) is 10.1. The Bertz CT molecular complexity index is 581. The van der Waals surface area contributed by atoms with Crippen LogP contribution in [-0.2, 0) is 0 Å². The molecule has 2 aromatic rings. The fraction of sp³-hybridized carbons (Fsp3) is 0.316. The maximum absolute atomic E-state index is 12.0. The van der Waals surface area contributed by atoms with Gasteiger partial charge in [-0.25, -0.2) is 0 Å². The Kier molecular flexibility index (Phi) is 6.98. The molecule has 0 heterocycles. The number of carbonyl (C=O) groups excluding carboxylic acids is 1. The van der Waals surface area contributed by atoms with Crippen LogP contribution in [0.2, 0.25) is 0 Å². The zero-order chi connectivity index (χ0) is 16.3. The number of unbranched alkanes of at least 4 members (excludes halogenated alkanes) is 1. The molecule has 0 spiro atoms.